The molecule has 1 N–H and O–H groups in total. The average Bonchev–Trinajstić information content (AvgIpc) is 2.68. The van der Waals surface area contributed by atoms with Crippen molar-refractivity contribution in [3.05, 3.63) is 63.2 Å². The van der Waals surface area contributed by atoms with Gasteiger partial charge in [0.1, 0.15) is 11.6 Å². The maximum absolute atomic E-state index is 12.6. The van der Waals surface area contributed by atoms with Gasteiger partial charge < -0.3 is 10.1 Å². The summed E-state index contributed by atoms with van der Waals surface area (Å²) in [6, 6.07) is 9.99. The van der Waals surface area contributed by atoms with Crippen LogP contribution in [-0.4, -0.2) is 22.6 Å². The van der Waals surface area contributed by atoms with Gasteiger partial charge in [0, 0.05) is 24.2 Å². The van der Waals surface area contributed by atoms with Crippen molar-refractivity contribution >= 4 is 34.1 Å². The molecule has 1 amide bonds. The van der Waals surface area contributed by atoms with Crippen molar-refractivity contribution in [2.45, 2.75) is 25.8 Å². The van der Waals surface area contributed by atoms with Gasteiger partial charge in [-0.3, -0.25) is 14.2 Å². The minimum Gasteiger partial charge on any atom is -0.495 e. The molecule has 2 aromatic carbocycles. The first-order chi connectivity index (χ1) is 13.1. The van der Waals surface area contributed by atoms with E-state index >= 15 is 0 Å². The predicted octanol–water partition coefficient (Wildman–Crippen LogP) is 3.65. The highest BCUT2D eigenvalue weighted by Gasteiger charge is 2.16. The number of benzene rings is 2. The first-order valence-corrected chi connectivity index (χ1v) is 9.13. The topological polar surface area (TPSA) is 73.2 Å². The number of ether oxygens (including phenoxy) is 1. The first-order valence-electron chi connectivity index (χ1n) is 8.75. The van der Waals surface area contributed by atoms with E-state index in [2.05, 4.69) is 10.3 Å². The second-order valence-corrected chi connectivity index (χ2v) is 6.88. The Morgan fingerprint density at radius 1 is 1.22 bits per heavy atom. The van der Waals surface area contributed by atoms with Gasteiger partial charge in [-0.1, -0.05) is 11.6 Å². The van der Waals surface area contributed by atoms with Crippen molar-refractivity contribution in [1.29, 1.82) is 0 Å². The van der Waals surface area contributed by atoms with Crippen molar-refractivity contribution in [2.75, 3.05) is 12.4 Å². The molecule has 6 nitrogen and oxygen atoms in total. The SMILES string of the molecule is COc1ccc(NC(=O)c2ccc3c(=O)n4c(nc3c2)CCCC4)cc1Cl. The number of hydrogen-bond donors (Lipinski definition) is 1. The number of carbonyl (C=O) groups excluding carboxylic acids is 1. The van der Waals surface area contributed by atoms with Crippen LogP contribution in [0.5, 0.6) is 5.75 Å². The number of anilines is 1. The molecule has 0 saturated heterocycles. The van der Waals surface area contributed by atoms with E-state index in [0.29, 0.717) is 39.5 Å². The van der Waals surface area contributed by atoms with Crippen LogP contribution < -0.4 is 15.6 Å². The monoisotopic (exact) mass is 383 g/mol. The number of carbonyl (C=O) groups is 1. The van der Waals surface area contributed by atoms with Crippen LogP contribution >= 0.6 is 11.6 Å². The summed E-state index contributed by atoms with van der Waals surface area (Å²) in [6.45, 7) is 0.706. The Morgan fingerprint density at radius 2 is 2.07 bits per heavy atom. The zero-order valence-corrected chi connectivity index (χ0v) is 15.5. The Labute approximate surface area is 160 Å². The number of nitrogens with zero attached hydrogens (tertiary/aromatic N) is 2. The fourth-order valence-electron chi connectivity index (χ4n) is 3.33. The molecule has 0 radical (unpaired) electrons. The van der Waals surface area contributed by atoms with Gasteiger partial charge in [0.15, 0.2) is 0 Å². The van der Waals surface area contributed by atoms with Crippen molar-refractivity contribution in [1.82, 2.24) is 9.55 Å². The Morgan fingerprint density at radius 3 is 2.85 bits per heavy atom. The van der Waals surface area contributed by atoms with E-state index in [0.717, 1.165) is 25.1 Å². The van der Waals surface area contributed by atoms with Gasteiger partial charge in [0.25, 0.3) is 11.5 Å². The highest BCUT2D eigenvalue weighted by molar-refractivity contribution is 6.32. The number of halogens is 1. The highest BCUT2D eigenvalue weighted by atomic mass is 35.5. The van der Waals surface area contributed by atoms with E-state index < -0.39 is 0 Å². The average molecular weight is 384 g/mol. The van der Waals surface area contributed by atoms with Crippen molar-refractivity contribution in [2.24, 2.45) is 0 Å². The van der Waals surface area contributed by atoms with Crippen molar-refractivity contribution in [3.63, 3.8) is 0 Å². The zero-order chi connectivity index (χ0) is 19.0. The van der Waals surface area contributed by atoms with Crippen LogP contribution in [0.15, 0.2) is 41.2 Å². The third-order valence-corrected chi connectivity index (χ3v) is 5.03. The summed E-state index contributed by atoms with van der Waals surface area (Å²) in [5, 5.41) is 3.75. The van der Waals surface area contributed by atoms with Crippen LogP contribution in [0.4, 0.5) is 5.69 Å². The van der Waals surface area contributed by atoms with E-state index in [1.165, 1.54) is 7.11 Å². The maximum Gasteiger partial charge on any atom is 0.261 e. The molecule has 2 heterocycles. The van der Waals surface area contributed by atoms with Gasteiger partial charge in [-0.2, -0.15) is 0 Å². The quantitative estimate of drug-likeness (QED) is 0.749. The van der Waals surface area contributed by atoms with Crippen LogP contribution in [0.2, 0.25) is 5.02 Å². The second kappa shape index (κ2) is 7.04. The molecule has 1 aromatic heterocycles. The molecule has 3 aromatic rings. The van der Waals surface area contributed by atoms with Crippen LogP contribution in [0.25, 0.3) is 10.9 Å². The Bertz CT molecular complexity index is 1110. The van der Waals surface area contributed by atoms with Gasteiger partial charge in [-0.15, -0.1) is 0 Å². The molecule has 0 fully saturated rings. The standard InChI is InChI=1S/C20H18ClN3O3/c1-27-17-8-6-13(11-15(17)21)22-19(25)12-5-7-14-16(10-12)23-18-4-2-3-9-24(18)20(14)26/h5-8,10-11H,2-4,9H2,1H3,(H,22,25). The van der Waals surface area contributed by atoms with E-state index in [1.54, 1.807) is 41.0 Å². The molecule has 4 rings (SSSR count). The number of fused-ring (bicyclic) bond motifs is 2. The Hall–Kier alpha value is -2.86. The molecule has 0 spiro atoms. The summed E-state index contributed by atoms with van der Waals surface area (Å²) in [7, 11) is 1.53. The van der Waals surface area contributed by atoms with Crippen LogP contribution in [0.1, 0.15) is 29.0 Å². The fourth-order valence-corrected chi connectivity index (χ4v) is 3.59. The lowest BCUT2D eigenvalue weighted by atomic mass is 10.1. The van der Waals surface area contributed by atoms with Crippen molar-refractivity contribution < 1.29 is 9.53 Å². The molecule has 1 aliphatic rings. The van der Waals surface area contributed by atoms with E-state index in [-0.39, 0.29) is 11.5 Å². The van der Waals surface area contributed by atoms with E-state index in [4.69, 9.17) is 16.3 Å². The second-order valence-electron chi connectivity index (χ2n) is 6.48. The number of methoxy groups -OCH3 is 1. The third-order valence-electron chi connectivity index (χ3n) is 4.74. The molecule has 0 aliphatic carbocycles. The lowest BCUT2D eigenvalue weighted by Gasteiger charge is -2.17. The lowest BCUT2D eigenvalue weighted by molar-refractivity contribution is 0.102. The van der Waals surface area contributed by atoms with Gasteiger partial charge in [0.2, 0.25) is 0 Å². The lowest BCUT2D eigenvalue weighted by Crippen LogP contribution is -2.28. The highest BCUT2D eigenvalue weighted by Crippen LogP contribution is 2.27. The summed E-state index contributed by atoms with van der Waals surface area (Å²) < 4.78 is 6.85. The Kier molecular flexibility index (Phi) is 4.58. The first kappa shape index (κ1) is 17.5. The van der Waals surface area contributed by atoms with Crippen molar-refractivity contribution in [3.8, 4) is 5.75 Å². The molecule has 0 unspecified atom stereocenters. The summed E-state index contributed by atoms with van der Waals surface area (Å²) >= 11 is 6.10. The normalized spacial score (nSPS) is 13.3. The number of aromatic nitrogens is 2. The Balaban J connectivity index is 1.66. The number of aryl methyl sites for hydroxylation is 1. The molecule has 0 bridgehead atoms. The molecular weight excluding hydrogens is 366 g/mol. The number of nitrogens with one attached hydrogen (secondary N) is 1. The number of hydrogen-bond acceptors (Lipinski definition) is 4. The molecular formula is C20H18ClN3O3. The predicted molar refractivity (Wildman–Crippen MR) is 105 cm³/mol. The smallest absolute Gasteiger partial charge is 0.261 e. The van der Waals surface area contributed by atoms with Crippen LogP contribution in [-0.2, 0) is 13.0 Å². The zero-order valence-electron chi connectivity index (χ0n) is 14.8. The minimum atomic E-state index is -0.294. The molecule has 0 atom stereocenters. The summed E-state index contributed by atoms with van der Waals surface area (Å²) in [6.07, 6.45) is 2.80. The molecule has 7 heteroatoms. The molecule has 0 saturated carbocycles. The van der Waals surface area contributed by atoms with Crippen LogP contribution in [0, 0.1) is 0 Å². The minimum absolute atomic E-state index is 0.0383. The molecule has 27 heavy (non-hydrogen) atoms. The van der Waals surface area contributed by atoms with E-state index in [9.17, 15) is 9.59 Å². The third kappa shape index (κ3) is 3.28. The largest absolute Gasteiger partial charge is 0.495 e. The van der Waals surface area contributed by atoms with E-state index in [1.807, 2.05) is 0 Å². The summed E-state index contributed by atoms with van der Waals surface area (Å²) in [5.41, 5.74) is 1.50. The van der Waals surface area contributed by atoms with Gasteiger partial charge in [-0.25, -0.2) is 4.98 Å². The van der Waals surface area contributed by atoms with Gasteiger partial charge in [0.05, 0.1) is 23.0 Å². The number of rotatable bonds is 3. The maximum atomic E-state index is 12.6. The fraction of sp³-hybridized carbons (Fsp3) is 0.250. The van der Waals surface area contributed by atoms with Gasteiger partial charge in [-0.05, 0) is 49.2 Å². The van der Waals surface area contributed by atoms with Crippen LogP contribution in [0.3, 0.4) is 0 Å². The van der Waals surface area contributed by atoms with Gasteiger partial charge >= 0.3 is 0 Å². The summed E-state index contributed by atoms with van der Waals surface area (Å²) in [4.78, 5) is 29.8. The molecule has 138 valence electrons. The number of amides is 1. The summed E-state index contributed by atoms with van der Waals surface area (Å²) in [5.74, 6) is 1.03. The molecule has 1 aliphatic heterocycles.